The number of carbonyl (C=O) groups is 1. The number of hydrogen-bond donors (Lipinski definition) is 1. The van der Waals surface area contributed by atoms with E-state index in [1.165, 1.54) is 12.4 Å². The molecule has 10 heteroatoms. The van der Waals surface area contributed by atoms with Gasteiger partial charge in [0.15, 0.2) is 11.2 Å². The van der Waals surface area contributed by atoms with Gasteiger partial charge >= 0.3 is 5.69 Å². The van der Waals surface area contributed by atoms with Crippen molar-refractivity contribution in [2.75, 3.05) is 19.0 Å². The van der Waals surface area contributed by atoms with Crippen molar-refractivity contribution in [3.63, 3.8) is 0 Å². The van der Waals surface area contributed by atoms with Gasteiger partial charge < -0.3 is 14.8 Å². The predicted octanol–water partition coefficient (Wildman–Crippen LogP) is 2.05. The third kappa shape index (κ3) is 4.65. The summed E-state index contributed by atoms with van der Waals surface area (Å²) in [6.07, 6.45) is 2.74. The summed E-state index contributed by atoms with van der Waals surface area (Å²) in [5.74, 6) is 0.692. The van der Waals surface area contributed by atoms with Crippen LogP contribution in [0.3, 0.4) is 0 Å². The average Bonchev–Trinajstić information content (AvgIpc) is 2.86. The van der Waals surface area contributed by atoms with Gasteiger partial charge in [-0.15, -0.1) is 0 Å². The van der Waals surface area contributed by atoms with Crippen molar-refractivity contribution in [3.05, 3.63) is 87.3 Å². The molecule has 34 heavy (non-hydrogen) atoms. The number of ether oxygens (including phenoxy) is 2. The van der Waals surface area contributed by atoms with Crippen molar-refractivity contribution in [2.45, 2.75) is 20.0 Å². The molecule has 4 aromatic rings. The smallest absolute Gasteiger partial charge is 0.333 e. The van der Waals surface area contributed by atoms with Crippen molar-refractivity contribution in [3.8, 4) is 11.5 Å². The number of carbonyl (C=O) groups excluding carboxylic acids is 1. The molecule has 10 nitrogen and oxygen atoms in total. The van der Waals surface area contributed by atoms with Crippen LogP contribution in [0.2, 0.25) is 0 Å². The first-order valence-electron chi connectivity index (χ1n) is 10.6. The number of rotatable bonds is 8. The van der Waals surface area contributed by atoms with E-state index < -0.39 is 17.2 Å². The van der Waals surface area contributed by atoms with E-state index in [0.29, 0.717) is 29.4 Å². The minimum Gasteiger partial charge on any atom is -0.497 e. The first-order chi connectivity index (χ1) is 16.5. The number of hydrogen-bond acceptors (Lipinski definition) is 7. The highest BCUT2D eigenvalue weighted by Gasteiger charge is 2.18. The third-order valence-corrected chi connectivity index (χ3v) is 5.11. The number of aromatic nitrogens is 4. The van der Waals surface area contributed by atoms with Crippen LogP contribution in [-0.4, -0.2) is 38.7 Å². The first-order valence-corrected chi connectivity index (χ1v) is 10.6. The van der Waals surface area contributed by atoms with Gasteiger partial charge in [-0.05, 0) is 36.8 Å². The van der Waals surface area contributed by atoms with Crippen molar-refractivity contribution in [1.82, 2.24) is 19.1 Å². The topological polar surface area (TPSA) is 117 Å². The average molecular weight is 461 g/mol. The largest absolute Gasteiger partial charge is 0.497 e. The molecule has 0 spiro atoms. The summed E-state index contributed by atoms with van der Waals surface area (Å²) in [6, 6.07) is 14.0. The fourth-order valence-electron chi connectivity index (χ4n) is 3.51. The van der Waals surface area contributed by atoms with Crippen molar-refractivity contribution in [2.24, 2.45) is 0 Å². The fourth-order valence-corrected chi connectivity index (χ4v) is 3.51. The fraction of sp³-hybridized carbons (Fsp3) is 0.208. The second-order valence-corrected chi connectivity index (χ2v) is 7.31. The molecule has 2 aromatic carbocycles. The quantitative estimate of drug-likeness (QED) is 0.427. The summed E-state index contributed by atoms with van der Waals surface area (Å²) in [7, 11) is 1.55. The lowest BCUT2D eigenvalue weighted by Gasteiger charge is -2.14. The summed E-state index contributed by atoms with van der Waals surface area (Å²) in [4.78, 5) is 47.5. The van der Waals surface area contributed by atoms with Gasteiger partial charge in [0, 0.05) is 12.4 Å². The lowest BCUT2D eigenvalue weighted by molar-refractivity contribution is -0.116. The molecule has 2 aromatic heterocycles. The lowest BCUT2D eigenvalue weighted by Crippen LogP contribution is -2.42. The van der Waals surface area contributed by atoms with E-state index in [9.17, 15) is 14.4 Å². The van der Waals surface area contributed by atoms with E-state index in [2.05, 4.69) is 15.3 Å². The van der Waals surface area contributed by atoms with Crippen molar-refractivity contribution >= 4 is 22.8 Å². The number of methoxy groups -OCH3 is 1. The molecule has 0 aliphatic heterocycles. The van der Waals surface area contributed by atoms with E-state index in [-0.39, 0.29) is 24.3 Å². The normalized spacial score (nSPS) is 10.8. The summed E-state index contributed by atoms with van der Waals surface area (Å²) < 4.78 is 12.9. The second kappa shape index (κ2) is 9.99. The van der Waals surface area contributed by atoms with Crippen LogP contribution in [0.4, 0.5) is 5.69 Å². The van der Waals surface area contributed by atoms with E-state index in [4.69, 9.17) is 9.47 Å². The molecule has 1 amide bonds. The van der Waals surface area contributed by atoms with Crippen LogP contribution in [0.25, 0.3) is 11.2 Å². The first kappa shape index (κ1) is 22.7. The van der Waals surface area contributed by atoms with Crippen LogP contribution < -0.4 is 26.0 Å². The zero-order valence-corrected chi connectivity index (χ0v) is 18.7. The Hall–Kier alpha value is -4.47. The highest BCUT2D eigenvalue weighted by molar-refractivity contribution is 5.92. The Labute approximate surface area is 194 Å². The van der Waals surface area contributed by atoms with Gasteiger partial charge in [-0.3, -0.25) is 18.7 Å². The highest BCUT2D eigenvalue weighted by Crippen LogP contribution is 2.23. The molecule has 0 unspecified atom stereocenters. The Morgan fingerprint density at radius 3 is 2.47 bits per heavy atom. The Bertz CT molecular complexity index is 1440. The van der Waals surface area contributed by atoms with E-state index in [0.717, 1.165) is 9.13 Å². The summed E-state index contributed by atoms with van der Waals surface area (Å²) >= 11 is 0. The number of anilines is 1. The molecule has 4 rings (SSSR count). The molecule has 0 fully saturated rings. The molecule has 0 radical (unpaired) electrons. The molecule has 2 heterocycles. The molecule has 0 aliphatic carbocycles. The number of amides is 1. The van der Waals surface area contributed by atoms with Crippen LogP contribution in [-0.2, 0) is 17.9 Å². The predicted molar refractivity (Wildman–Crippen MR) is 126 cm³/mol. The Balaban J connectivity index is 1.71. The molecule has 0 bridgehead atoms. The van der Waals surface area contributed by atoms with Gasteiger partial charge in [-0.25, -0.2) is 14.8 Å². The van der Waals surface area contributed by atoms with Crippen LogP contribution >= 0.6 is 0 Å². The monoisotopic (exact) mass is 461 g/mol. The molecule has 1 N–H and O–H groups in total. The number of fused-ring (bicyclic) bond motifs is 1. The summed E-state index contributed by atoms with van der Waals surface area (Å²) in [6.45, 7) is 1.91. The maximum atomic E-state index is 13.3. The standard InChI is InChI=1S/C24H23N5O5/c1-3-34-19-7-5-4-6-18(19)27-20(30)15-28-22-21(25-12-13-26-22)23(31)29(24(28)32)14-16-8-10-17(33-2)11-9-16/h4-13H,3,14-15H2,1-2H3,(H,27,30). The van der Waals surface area contributed by atoms with Crippen LogP contribution in [0.15, 0.2) is 70.5 Å². The van der Waals surface area contributed by atoms with Crippen molar-refractivity contribution in [1.29, 1.82) is 0 Å². The minimum absolute atomic E-state index is 0.00173. The van der Waals surface area contributed by atoms with E-state index >= 15 is 0 Å². The van der Waals surface area contributed by atoms with Crippen LogP contribution in [0.1, 0.15) is 12.5 Å². The lowest BCUT2D eigenvalue weighted by atomic mass is 10.2. The Morgan fingerprint density at radius 1 is 1.00 bits per heavy atom. The Kier molecular flexibility index (Phi) is 6.67. The van der Waals surface area contributed by atoms with Gasteiger partial charge in [0.25, 0.3) is 5.56 Å². The maximum Gasteiger partial charge on any atom is 0.333 e. The molecule has 0 atom stereocenters. The zero-order chi connectivity index (χ0) is 24.1. The minimum atomic E-state index is -0.665. The van der Waals surface area contributed by atoms with Gasteiger partial charge in [0.1, 0.15) is 18.0 Å². The molecular weight excluding hydrogens is 438 g/mol. The van der Waals surface area contributed by atoms with Crippen molar-refractivity contribution < 1.29 is 14.3 Å². The van der Waals surface area contributed by atoms with Crippen LogP contribution in [0.5, 0.6) is 11.5 Å². The summed E-state index contributed by atoms with van der Waals surface area (Å²) in [5, 5.41) is 2.76. The summed E-state index contributed by atoms with van der Waals surface area (Å²) in [5.41, 5.74) is -0.0200. The number of para-hydroxylation sites is 2. The molecule has 0 saturated carbocycles. The van der Waals surface area contributed by atoms with E-state index in [1.807, 2.05) is 6.92 Å². The Morgan fingerprint density at radius 2 is 1.74 bits per heavy atom. The van der Waals surface area contributed by atoms with E-state index in [1.54, 1.807) is 55.6 Å². The van der Waals surface area contributed by atoms with Crippen LogP contribution in [0, 0.1) is 0 Å². The number of benzene rings is 2. The zero-order valence-electron chi connectivity index (χ0n) is 18.7. The SMILES string of the molecule is CCOc1ccccc1NC(=O)Cn1c(=O)n(Cc2ccc(OC)cc2)c(=O)c2nccnc21. The molecule has 0 saturated heterocycles. The molecule has 174 valence electrons. The van der Waals surface area contributed by atoms with Gasteiger partial charge in [-0.1, -0.05) is 24.3 Å². The maximum absolute atomic E-state index is 13.3. The van der Waals surface area contributed by atoms with Gasteiger partial charge in [0.2, 0.25) is 5.91 Å². The van der Waals surface area contributed by atoms with Gasteiger partial charge in [-0.2, -0.15) is 0 Å². The van der Waals surface area contributed by atoms with Gasteiger partial charge in [0.05, 0.1) is 25.9 Å². The third-order valence-electron chi connectivity index (χ3n) is 5.11. The highest BCUT2D eigenvalue weighted by atomic mass is 16.5. The second-order valence-electron chi connectivity index (χ2n) is 7.31. The number of nitrogens with one attached hydrogen (secondary N) is 1. The molecular formula is C24H23N5O5. The number of nitrogens with zero attached hydrogens (tertiary/aromatic N) is 4. The molecule has 0 aliphatic rings.